The normalized spacial score (nSPS) is 15.9. The number of aliphatic carboxylic acids is 1. The Morgan fingerprint density at radius 1 is 1.10 bits per heavy atom. The molecule has 1 aliphatic carbocycles. The van der Waals surface area contributed by atoms with Crippen LogP contribution in [0.1, 0.15) is 60.2 Å². The highest BCUT2D eigenvalue weighted by Gasteiger charge is 2.22. The Hall–Kier alpha value is -2.82. The Balaban J connectivity index is 0.000000224. The summed E-state index contributed by atoms with van der Waals surface area (Å²) in [6.45, 7) is 6.26. The van der Waals surface area contributed by atoms with Crippen LogP contribution in [-0.2, 0) is 17.6 Å². The van der Waals surface area contributed by atoms with E-state index in [1.165, 1.54) is 11.1 Å². The minimum atomic E-state index is -0.719. The molecule has 31 heavy (non-hydrogen) atoms. The van der Waals surface area contributed by atoms with Gasteiger partial charge >= 0.3 is 5.97 Å². The Kier molecular flexibility index (Phi) is 9.10. The monoisotopic (exact) mass is 426 g/mol. The number of fused-ring (bicyclic) bond motifs is 1. The van der Waals surface area contributed by atoms with Crippen molar-refractivity contribution < 1.29 is 24.2 Å². The van der Waals surface area contributed by atoms with Gasteiger partial charge in [-0.1, -0.05) is 26.0 Å². The zero-order valence-corrected chi connectivity index (χ0v) is 19.2. The van der Waals surface area contributed by atoms with E-state index in [0.717, 1.165) is 41.9 Å². The standard InChI is InChI=1S/C14H20O3.C12H14O2/c1-10(4-7-14(15)16)8-12-5-6-13(17-3)9-11(12)2;1-8-5-9-3-4-10(14-2)7-11(9)12(13)6-8/h5-6,9-10H,4,7-8H2,1-3H3,(H,15,16);3-4,7-8H,5-6H2,1-2H3. The van der Waals surface area contributed by atoms with Crippen molar-refractivity contribution in [1.29, 1.82) is 0 Å². The van der Waals surface area contributed by atoms with E-state index in [4.69, 9.17) is 14.6 Å². The number of carbonyl (C=O) groups is 2. The number of aryl methyl sites for hydroxylation is 1. The predicted octanol–water partition coefficient (Wildman–Crippen LogP) is 5.51. The largest absolute Gasteiger partial charge is 0.497 e. The second-order valence-corrected chi connectivity index (χ2v) is 8.49. The molecule has 5 nitrogen and oxygen atoms in total. The van der Waals surface area contributed by atoms with E-state index >= 15 is 0 Å². The van der Waals surface area contributed by atoms with Gasteiger partial charge in [-0.2, -0.15) is 0 Å². The minimum absolute atomic E-state index is 0.246. The molecule has 3 rings (SSSR count). The van der Waals surface area contributed by atoms with Crippen LogP contribution in [0, 0.1) is 18.8 Å². The number of ketones is 1. The van der Waals surface area contributed by atoms with Gasteiger partial charge < -0.3 is 14.6 Å². The van der Waals surface area contributed by atoms with Crippen molar-refractivity contribution in [3.8, 4) is 11.5 Å². The first-order chi connectivity index (χ1) is 14.7. The molecule has 2 atom stereocenters. The van der Waals surface area contributed by atoms with Gasteiger partial charge in [-0.15, -0.1) is 0 Å². The third-order valence-electron chi connectivity index (χ3n) is 5.69. The minimum Gasteiger partial charge on any atom is -0.497 e. The summed E-state index contributed by atoms with van der Waals surface area (Å²) in [5.41, 5.74) is 4.48. The molecular weight excluding hydrogens is 392 g/mol. The van der Waals surface area contributed by atoms with Crippen molar-refractivity contribution in [2.24, 2.45) is 11.8 Å². The maximum Gasteiger partial charge on any atom is 0.303 e. The number of carboxylic acids is 1. The van der Waals surface area contributed by atoms with Gasteiger partial charge in [0.15, 0.2) is 5.78 Å². The summed E-state index contributed by atoms with van der Waals surface area (Å²) in [6, 6.07) is 11.8. The van der Waals surface area contributed by atoms with Crippen molar-refractivity contribution in [2.45, 2.75) is 52.9 Å². The number of Topliss-reactive ketones (excluding diaryl/α,β-unsaturated/α-hetero) is 1. The lowest BCUT2D eigenvalue weighted by Gasteiger charge is -2.20. The molecule has 0 fully saturated rings. The van der Waals surface area contributed by atoms with E-state index in [2.05, 4.69) is 26.8 Å². The van der Waals surface area contributed by atoms with Crippen LogP contribution in [0.5, 0.6) is 11.5 Å². The van der Waals surface area contributed by atoms with Crippen LogP contribution >= 0.6 is 0 Å². The number of methoxy groups -OCH3 is 2. The van der Waals surface area contributed by atoms with E-state index in [9.17, 15) is 9.59 Å². The average Bonchev–Trinajstić information content (AvgIpc) is 2.74. The van der Waals surface area contributed by atoms with Gasteiger partial charge in [0.25, 0.3) is 0 Å². The van der Waals surface area contributed by atoms with Crippen molar-refractivity contribution >= 4 is 11.8 Å². The zero-order chi connectivity index (χ0) is 23.0. The van der Waals surface area contributed by atoms with Crippen molar-refractivity contribution in [3.05, 3.63) is 58.7 Å². The summed E-state index contributed by atoms with van der Waals surface area (Å²) >= 11 is 0. The van der Waals surface area contributed by atoms with Gasteiger partial charge in [-0.3, -0.25) is 9.59 Å². The number of hydrogen-bond acceptors (Lipinski definition) is 4. The van der Waals surface area contributed by atoms with E-state index in [-0.39, 0.29) is 12.2 Å². The molecule has 0 bridgehead atoms. The molecule has 2 unspecified atom stereocenters. The molecule has 0 radical (unpaired) electrons. The highest BCUT2D eigenvalue weighted by molar-refractivity contribution is 5.99. The molecule has 1 N–H and O–H groups in total. The van der Waals surface area contributed by atoms with Crippen molar-refractivity contribution in [1.82, 2.24) is 0 Å². The third kappa shape index (κ3) is 7.42. The van der Waals surface area contributed by atoms with Gasteiger partial charge in [0.05, 0.1) is 14.2 Å². The lowest BCUT2D eigenvalue weighted by atomic mass is 9.84. The molecule has 0 saturated carbocycles. The molecule has 0 spiro atoms. The molecule has 5 heteroatoms. The highest BCUT2D eigenvalue weighted by Crippen LogP contribution is 2.28. The van der Waals surface area contributed by atoms with Gasteiger partial charge in [0.1, 0.15) is 11.5 Å². The van der Waals surface area contributed by atoms with Gasteiger partial charge in [-0.05, 0) is 79.0 Å². The number of ether oxygens (including phenoxy) is 2. The summed E-state index contributed by atoms with van der Waals surface area (Å²) in [6.07, 6.45) is 3.56. The smallest absolute Gasteiger partial charge is 0.303 e. The summed E-state index contributed by atoms with van der Waals surface area (Å²) in [5.74, 6) is 2.03. The Morgan fingerprint density at radius 3 is 2.35 bits per heavy atom. The molecule has 0 amide bonds. The molecule has 0 saturated heterocycles. The number of carboxylic acid groups (broad SMARTS) is 1. The molecule has 168 valence electrons. The van der Waals surface area contributed by atoms with Crippen LogP contribution in [0.25, 0.3) is 0 Å². The van der Waals surface area contributed by atoms with E-state index in [0.29, 0.717) is 18.3 Å². The van der Waals surface area contributed by atoms with E-state index < -0.39 is 5.97 Å². The number of benzene rings is 2. The Bertz CT molecular complexity index is 903. The predicted molar refractivity (Wildman–Crippen MR) is 122 cm³/mol. The fourth-order valence-electron chi connectivity index (χ4n) is 3.87. The third-order valence-corrected chi connectivity index (χ3v) is 5.69. The first-order valence-corrected chi connectivity index (χ1v) is 10.8. The molecular formula is C26H34O5. The molecule has 2 aromatic carbocycles. The van der Waals surface area contributed by atoms with Crippen LogP contribution in [0.15, 0.2) is 36.4 Å². The quantitative estimate of drug-likeness (QED) is 0.632. The maximum absolute atomic E-state index is 11.7. The molecule has 0 heterocycles. The van der Waals surface area contributed by atoms with Gasteiger partial charge in [0.2, 0.25) is 0 Å². The first-order valence-electron chi connectivity index (χ1n) is 10.8. The topological polar surface area (TPSA) is 72.8 Å². The summed E-state index contributed by atoms with van der Waals surface area (Å²) in [4.78, 5) is 22.2. The van der Waals surface area contributed by atoms with Crippen molar-refractivity contribution in [3.63, 3.8) is 0 Å². The van der Waals surface area contributed by atoms with E-state index in [1.54, 1.807) is 14.2 Å². The summed E-state index contributed by atoms with van der Waals surface area (Å²) in [5, 5.41) is 8.63. The zero-order valence-electron chi connectivity index (χ0n) is 19.2. The van der Waals surface area contributed by atoms with Gasteiger partial charge in [-0.25, -0.2) is 0 Å². The van der Waals surface area contributed by atoms with Crippen LogP contribution < -0.4 is 9.47 Å². The average molecular weight is 427 g/mol. The molecule has 1 aliphatic rings. The fraction of sp³-hybridized carbons (Fsp3) is 0.462. The van der Waals surface area contributed by atoms with Crippen molar-refractivity contribution in [2.75, 3.05) is 14.2 Å². The van der Waals surface area contributed by atoms with E-state index in [1.807, 2.05) is 30.3 Å². The van der Waals surface area contributed by atoms with Crippen LogP contribution in [0.3, 0.4) is 0 Å². The number of hydrogen-bond donors (Lipinski definition) is 1. The molecule has 2 aromatic rings. The van der Waals surface area contributed by atoms with Crippen LogP contribution in [0.2, 0.25) is 0 Å². The molecule has 0 aromatic heterocycles. The van der Waals surface area contributed by atoms with Crippen LogP contribution in [0.4, 0.5) is 0 Å². The molecule has 0 aliphatic heterocycles. The fourth-order valence-corrected chi connectivity index (χ4v) is 3.87. The SMILES string of the molecule is COc1ccc(CC(C)CCC(=O)O)c(C)c1.COc1ccc2c(c1)C(=O)CC(C)C2. The Labute approximate surface area is 185 Å². The summed E-state index contributed by atoms with van der Waals surface area (Å²) in [7, 11) is 3.28. The Morgan fingerprint density at radius 2 is 1.74 bits per heavy atom. The number of rotatable bonds is 7. The maximum atomic E-state index is 11.7. The highest BCUT2D eigenvalue weighted by atomic mass is 16.5. The lowest BCUT2D eigenvalue weighted by Crippen LogP contribution is -2.17. The van der Waals surface area contributed by atoms with Gasteiger partial charge in [0, 0.05) is 18.4 Å². The van der Waals surface area contributed by atoms with Crippen LogP contribution in [-0.4, -0.2) is 31.1 Å². The lowest BCUT2D eigenvalue weighted by molar-refractivity contribution is -0.137. The number of carbonyl (C=O) groups excluding carboxylic acids is 1. The second kappa shape index (κ2) is 11.5. The second-order valence-electron chi connectivity index (χ2n) is 8.49. The summed E-state index contributed by atoms with van der Waals surface area (Å²) < 4.78 is 10.3. The first kappa shape index (κ1) is 24.4.